The first-order valence-corrected chi connectivity index (χ1v) is 6.64. The lowest BCUT2D eigenvalue weighted by atomic mass is 10.1. The van der Waals surface area contributed by atoms with Crippen molar-refractivity contribution in [2.24, 2.45) is 0 Å². The molecular weight excluding hydrogens is 242 g/mol. The predicted octanol–water partition coefficient (Wildman–Crippen LogP) is 3.36. The van der Waals surface area contributed by atoms with Gasteiger partial charge in [0.1, 0.15) is 0 Å². The Morgan fingerprint density at radius 1 is 1.50 bits per heavy atom. The summed E-state index contributed by atoms with van der Waals surface area (Å²) in [5.41, 5.74) is 1.21. The van der Waals surface area contributed by atoms with Gasteiger partial charge in [-0.2, -0.15) is 0 Å². The molecule has 0 saturated carbocycles. The summed E-state index contributed by atoms with van der Waals surface area (Å²) in [5, 5.41) is 4.01. The average molecular weight is 260 g/mol. The van der Waals surface area contributed by atoms with Crippen LogP contribution in [0.3, 0.4) is 0 Å². The summed E-state index contributed by atoms with van der Waals surface area (Å²) >= 11 is 7.94. The second-order valence-electron chi connectivity index (χ2n) is 3.54. The molecule has 0 aliphatic carbocycles. The van der Waals surface area contributed by atoms with Crippen LogP contribution in [0.25, 0.3) is 0 Å². The molecular formula is C12H18ClNOS. The minimum Gasteiger partial charge on any atom is -0.384 e. The molecule has 0 bridgehead atoms. The Morgan fingerprint density at radius 2 is 2.25 bits per heavy atom. The van der Waals surface area contributed by atoms with Gasteiger partial charge in [-0.1, -0.05) is 17.7 Å². The van der Waals surface area contributed by atoms with Gasteiger partial charge < -0.3 is 10.1 Å². The van der Waals surface area contributed by atoms with E-state index in [4.69, 9.17) is 16.3 Å². The lowest BCUT2D eigenvalue weighted by molar-refractivity contribution is 0.218. The van der Waals surface area contributed by atoms with Crippen LogP contribution in [-0.4, -0.2) is 26.5 Å². The van der Waals surface area contributed by atoms with Gasteiger partial charge in [0.2, 0.25) is 0 Å². The van der Waals surface area contributed by atoms with Crippen molar-refractivity contribution < 1.29 is 4.74 Å². The minimum absolute atomic E-state index is 0.329. The number of hydrogen-bond acceptors (Lipinski definition) is 3. The first-order valence-electron chi connectivity index (χ1n) is 5.27. The first kappa shape index (κ1) is 13.8. The van der Waals surface area contributed by atoms with Crippen LogP contribution >= 0.6 is 23.4 Å². The molecule has 0 radical (unpaired) electrons. The van der Waals surface area contributed by atoms with E-state index in [0.29, 0.717) is 6.04 Å². The van der Waals surface area contributed by atoms with E-state index in [1.165, 1.54) is 5.56 Å². The maximum Gasteiger partial charge on any atom is 0.0556 e. The maximum atomic E-state index is 6.22. The van der Waals surface area contributed by atoms with Crippen LogP contribution in [0, 0.1) is 0 Å². The lowest BCUT2D eigenvalue weighted by Crippen LogP contribution is -2.12. The molecule has 1 N–H and O–H groups in total. The molecule has 0 spiro atoms. The maximum absolute atomic E-state index is 6.22. The van der Waals surface area contributed by atoms with E-state index in [-0.39, 0.29) is 0 Å². The van der Waals surface area contributed by atoms with Crippen LogP contribution in [-0.2, 0) is 4.74 Å². The fourth-order valence-electron chi connectivity index (χ4n) is 1.31. The Balaban J connectivity index is 2.67. The first-order chi connectivity index (χ1) is 7.69. The summed E-state index contributed by atoms with van der Waals surface area (Å²) < 4.78 is 5.01. The Kier molecular flexibility index (Phi) is 6.21. The van der Waals surface area contributed by atoms with E-state index >= 15 is 0 Å². The second kappa shape index (κ2) is 7.17. The largest absolute Gasteiger partial charge is 0.384 e. The van der Waals surface area contributed by atoms with Crippen LogP contribution in [0.4, 0.5) is 0 Å². The molecule has 0 saturated heterocycles. The quantitative estimate of drug-likeness (QED) is 0.625. The third kappa shape index (κ3) is 3.98. The highest BCUT2D eigenvalue weighted by Gasteiger charge is 2.06. The van der Waals surface area contributed by atoms with Gasteiger partial charge in [-0.15, -0.1) is 11.8 Å². The van der Waals surface area contributed by atoms with Gasteiger partial charge in [0.15, 0.2) is 0 Å². The standard InChI is InChI=1S/C12H18ClNOS/c1-9(14-2)10-4-5-12(11(13)8-10)16-7-6-15-3/h4-5,8-9,14H,6-7H2,1-3H3. The fourth-order valence-corrected chi connectivity index (χ4v) is 2.49. The van der Waals surface area contributed by atoms with Crippen LogP contribution in [0.1, 0.15) is 18.5 Å². The summed E-state index contributed by atoms with van der Waals surface area (Å²) in [5.74, 6) is 0.928. The molecule has 0 amide bonds. The topological polar surface area (TPSA) is 21.3 Å². The minimum atomic E-state index is 0.329. The monoisotopic (exact) mass is 259 g/mol. The summed E-state index contributed by atoms with van der Waals surface area (Å²) in [6, 6.07) is 6.54. The van der Waals surface area contributed by atoms with Crippen molar-refractivity contribution >= 4 is 23.4 Å². The number of ether oxygens (including phenoxy) is 1. The lowest BCUT2D eigenvalue weighted by Gasteiger charge is -2.12. The van der Waals surface area contributed by atoms with E-state index in [2.05, 4.69) is 24.4 Å². The summed E-state index contributed by atoms with van der Waals surface area (Å²) in [6.07, 6.45) is 0. The van der Waals surface area contributed by atoms with E-state index in [1.54, 1.807) is 18.9 Å². The number of thioether (sulfide) groups is 1. The molecule has 2 nitrogen and oxygen atoms in total. The van der Waals surface area contributed by atoms with Crippen molar-refractivity contribution in [1.29, 1.82) is 0 Å². The smallest absolute Gasteiger partial charge is 0.0556 e. The molecule has 1 rings (SSSR count). The summed E-state index contributed by atoms with van der Waals surface area (Å²) in [7, 11) is 3.65. The van der Waals surface area contributed by atoms with Crippen molar-refractivity contribution in [1.82, 2.24) is 5.32 Å². The third-order valence-corrected chi connectivity index (χ3v) is 3.90. The Labute approximate surface area is 107 Å². The number of rotatable bonds is 6. The van der Waals surface area contributed by atoms with E-state index in [9.17, 15) is 0 Å². The second-order valence-corrected chi connectivity index (χ2v) is 5.09. The average Bonchev–Trinajstić information content (AvgIpc) is 2.30. The van der Waals surface area contributed by atoms with Gasteiger partial charge >= 0.3 is 0 Å². The Morgan fingerprint density at radius 3 is 2.81 bits per heavy atom. The third-order valence-electron chi connectivity index (χ3n) is 2.43. The normalized spacial score (nSPS) is 12.8. The van der Waals surface area contributed by atoms with Crippen LogP contribution in [0.2, 0.25) is 5.02 Å². The molecule has 1 atom stereocenters. The molecule has 4 heteroatoms. The van der Waals surface area contributed by atoms with Crippen molar-refractivity contribution in [3.63, 3.8) is 0 Å². The molecule has 90 valence electrons. The van der Waals surface area contributed by atoms with E-state index in [0.717, 1.165) is 22.3 Å². The van der Waals surface area contributed by atoms with Gasteiger partial charge in [-0.05, 0) is 31.7 Å². The number of benzene rings is 1. The predicted molar refractivity (Wildman–Crippen MR) is 71.5 cm³/mol. The van der Waals surface area contributed by atoms with Gasteiger partial charge in [0.05, 0.1) is 11.6 Å². The van der Waals surface area contributed by atoms with E-state index < -0.39 is 0 Å². The highest BCUT2D eigenvalue weighted by molar-refractivity contribution is 7.99. The SMILES string of the molecule is CNC(C)c1ccc(SCCOC)c(Cl)c1. The number of methoxy groups -OCH3 is 1. The van der Waals surface area contributed by atoms with Gasteiger partial charge in [0, 0.05) is 23.8 Å². The molecule has 0 fully saturated rings. The Bertz CT molecular complexity index is 333. The van der Waals surface area contributed by atoms with Crippen molar-refractivity contribution in [3.8, 4) is 0 Å². The zero-order chi connectivity index (χ0) is 12.0. The highest BCUT2D eigenvalue weighted by atomic mass is 35.5. The highest BCUT2D eigenvalue weighted by Crippen LogP contribution is 2.29. The molecule has 16 heavy (non-hydrogen) atoms. The van der Waals surface area contributed by atoms with Gasteiger partial charge in [0.25, 0.3) is 0 Å². The Hall–Kier alpha value is -0.220. The molecule has 0 aromatic heterocycles. The van der Waals surface area contributed by atoms with Crippen molar-refractivity contribution in [3.05, 3.63) is 28.8 Å². The van der Waals surface area contributed by atoms with Gasteiger partial charge in [-0.25, -0.2) is 0 Å². The fraction of sp³-hybridized carbons (Fsp3) is 0.500. The molecule has 0 aliphatic rings. The number of halogens is 1. The molecule has 1 unspecified atom stereocenters. The molecule has 1 aromatic carbocycles. The van der Waals surface area contributed by atoms with Crippen molar-refractivity contribution in [2.45, 2.75) is 17.9 Å². The zero-order valence-electron chi connectivity index (χ0n) is 9.92. The van der Waals surface area contributed by atoms with Crippen molar-refractivity contribution in [2.75, 3.05) is 26.5 Å². The molecule has 0 aliphatic heterocycles. The van der Waals surface area contributed by atoms with Gasteiger partial charge in [-0.3, -0.25) is 0 Å². The molecule has 0 heterocycles. The van der Waals surface area contributed by atoms with E-state index in [1.807, 2.05) is 13.1 Å². The van der Waals surface area contributed by atoms with Crippen LogP contribution < -0.4 is 5.32 Å². The summed E-state index contributed by atoms with van der Waals surface area (Å²) in [6.45, 7) is 2.86. The molecule has 1 aromatic rings. The zero-order valence-corrected chi connectivity index (χ0v) is 11.5. The van der Waals surface area contributed by atoms with Crippen LogP contribution in [0.5, 0.6) is 0 Å². The number of nitrogens with one attached hydrogen (secondary N) is 1. The number of hydrogen-bond donors (Lipinski definition) is 1. The van der Waals surface area contributed by atoms with Crippen LogP contribution in [0.15, 0.2) is 23.1 Å². The summed E-state index contributed by atoms with van der Waals surface area (Å²) in [4.78, 5) is 1.12.